The maximum absolute atomic E-state index is 12.6. The Morgan fingerprint density at radius 2 is 1.95 bits per heavy atom. The third kappa shape index (κ3) is 3.74. The number of primary amides is 1. The molecule has 1 aliphatic rings. The van der Waals surface area contributed by atoms with Crippen molar-refractivity contribution in [3.05, 3.63) is 23.8 Å². The van der Waals surface area contributed by atoms with Crippen molar-refractivity contribution in [3.8, 4) is 0 Å². The second-order valence-corrected chi connectivity index (χ2v) is 7.20. The minimum absolute atomic E-state index is 0.0198. The summed E-state index contributed by atoms with van der Waals surface area (Å²) in [6, 6.07) is 4.91. The van der Waals surface area contributed by atoms with Crippen LogP contribution in [0.1, 0.15) is 24.8 Å². The average Bonchev–Trinajstić information content (AvgIpc) is 2.47. The molecule has 0 atom stereocenters. The Morgan fingerprint density at radius 3 is 2.57 bits per heavy atom. The number of amides is 1. The van der Waals surface area contributed by atoms with E-state index in [-0.39, 0.29) is 11.4 Å². The number of anilines is 1. The zero-order valence-corrected chi connectivity index (χ0v) is 12.9. The van der Waals surface area contributed by atoms with Gasteiger partial charge in [0.25, 0.3) is 0 Å². The van der Waals surface area contributed by atoms with Crippen molar-refractivity contribution in [2.45, 2.75) is 31.1 Å². The maximum atomic E-state index is 12.6. The molecule has 1 saturated heterocycles. The molecular weight excluding hydrogens is 290 g/mol. The second-order valence-electron chi connectivity index (χ2n) is 5.26. The number of piperidine rings is 1. The number of carbonyl (C=O) groups is 1. The number of hydrogen-bond donors (Lipinski definition) is 2. The van der Waals surface area contributed by atoms with E-state index in [1.54, 1.807) is 18.2 Å². The summed E-state index contributed by atoms with van der Waals surface area (Å²) in [7, 11) is -3.46. The lowest BCUT2D eigenvalue weighted by atomic mass is 10.2. The van der Waals surface area contributed by atoms with Crippen LogP contribution in [0.3, 0.4) is 0 Å². The van der Waals surface area contributed by atoms with E-state index in [0.29, 0.717) is 18.8 Å². The quantitative estimate of drug-likeness (QED) is 0.850. The van der Waals surface area contributed by atoms with Crippen LogP contribution in [-0.4, -0.2) is 38.3 Å². The number of nitrogens with two attached hydrogens (primary N) is 1. The molecule has 7 heteroatoms. The number of rotatable bonds is 5. The SMILES string of the molecule is Cc1ccc(S(=O)(=O)N2CCCCC2)cc1NCC(N)=O. The van der Waals surface area contributed by atoms with Crippen LogP contribution in [0.5, 0.6) is 0 Å². The van der Waals surface area contributed by atoms with Crippen LogP contribution in [0.4, 0.5) is 5.69 Å². The summed E-state index contributed by atoms with van der Waals surface area (Å²) in [4.78, 5) is 11.1. The summed E-state index contributed by atoms with van der Waals surface area (Å²) in [6.07, 6.45) is 2.88. The molecule has 0 bridgehead atoms. The van der Waals surface area contributed by atoms with Crippen molar-refractivity contribution in [1.29, 1.82) is 0 Å². The smallest absolute Gasteiger partial charge is 0.243 e. The predicted octanol–water partition coefficient (Wildman–Crippen LogP) is 1.07. The fourth-order valence-electron chi connectivity index (χ4n) is 2.39. The van der Waals surface area contributed by atoms with Gasteiger partial charge in [0.2, 0.25) is 15.9 Å². The van der Waals surface area contributed by atoms with Crippen LogP contribution in [-0.2, 0) is 14.8 Å². The molecule has 0 aromatic heterocycles. The van der Waals surface area contributed by atoms with E-state index in [4.69, 9.17) is 5.73 Å². The van der Waals surface area contributed by atoms with Gasteiger partial charge in [0.15, 0.2) is 0 Å². The van der Waals surface area contributed by atoms with Gasteiger partial charge >= 0.3 is 0 Å². The van der Waals surface area contributed by atoms with Gasteiger partial charge < -0.3 is 11.1 Å². The average molecular weight is 311 g/mol. The maximum Gasteiger partial charge on any atom is 0.243 e. The van der Waals surface area contributed by atoms with Crippen LogP contribution in [0, 0.1) is 6.92 Å². The first kappa shape index (κ1) is 15.8. The molecule has 1 aromatic carbocycles. The normalized spacial score (nSPS) is 16.6. The van der Waals surface area contributed by atoms with E-state index in [0.717, 1.165) is 24.8 Å². The van der Waals surface area contributed by atoms with Crippen molar-refractivity contribution in [1.82, 2.24) is 4.31 Å². The molecule has 0 saturated carbocycles. The van der Waals surface area contributed by atoms with E-state index >= 15 is 0 Å². The van der Waals surface area contributed by atoms with Gasteiger partial charge in [0.05, 0.1) is 11.4 Å². The zero-order valence-electron chi connectivity index (χ0n) is 12.1. The van der Waals surface area contributed by atoms with Crippen LogP contribution >= 0.6 is 0 Å². The largest absolute Gasteiger partial charge is 0.376 e. The molecule has 0 radical (unpaired) electrons. The van der Waals surface area contributed by atoms with Crippen molar-refractivity contribution >= 4 is 21.6 Å². The van der Waals surface area contributed by atoms with Crippen LogP contribution in [0.25, 0.3) is 0 Å². The lowest BCUT2D eigenvalue weighted by Gasteiger charge is -2.26. The molecule has 3 N–H and O–H groups in total. The number of aryl methyl sites for hydroxylation is 1. The molecule has 6 nitrogen and oxygen atoms in total. The van der Waals surface area contributed by atoms with Crippen molar-refractivity contribution in [2.75, 3.05) is 25.0 Å². The van der Waals surface area contributed by atoms with Crippen molar-refractivity contribution < 1.29 is 13.2 Å². The second kappa shape index (κ2) is 6.44. The Hall–Kier alpha value is -1.60. The monoisotopic (exact) mass is 311 g/mol. The van der Waals surface area contributed by atoms with E-state index in [1.807, 2.05) is 6.92 Å². The number of nitrogens with zero attached hydrogens (tertiary/aromatic N) is 1. The molecule has 0 aliphatic carbocycles. The molecule has 0 unspecified atom stereocenters. The fourth-order valence-corrected chi connectivity index (χ4v) is 3.93. The summed E-state index contributed by atoms with van der Waals surface area (Å²) in [5.41, 5.74) is 6.59. The Kier molecular flexibility index (Phi) is 4.84. The summed E-state index contributed by atoms with van der Waals surface area (Å²) >= 11 is 0. The number of benzene rings is 1. The standard InChI is InChI=1S/C14H21N3O3S/c1-11-5-6-12(9-13(11)16-10-14(15)18)21(19,20)17-7-3-2-4-8-17/h5-6,9,16H,2-4,7-8,10H2,1H3,(H2,15,18). The van der Waals surface area contributed by atoms with Gasteiger partial charge in [0, 0.05) is 18.8 Å². The van der Waals surface area contributed by atoms with E-state index in [2.05, 4.69) is 5.32 Å². The molecule has 116 valence electrons. The first-order chi connectivity index (χ1) is 9.91. The Bertz CT molecular complexity index is 622. The lowest BCUT2D eigenvalue weighted by Crippen LogP contribution is -2.35. The van der Waals surface area contributed by atoms with Crippen LogP contribution in [0.2, 0.25) is 0 Å². The molecule has 1 amide bonds. The number of sulfonamides is 1. The first-order valence-corrected chi connectivity index (χ1v) is 8.48. The predicted molar refractivity (Wildman–Crippen MR) is 81.5 cm³/mol. The minimum Gasteiger partial charge on any atom is -0.376 e. The lowest BCUT2D eigenvalue weighted by molar-refractivity contribution is -0.116. The Morgan fingerprint density at radius 1 is 1.29 bits per heavy atom. The molecular formula is C14H21N3O3S. The minimum atomic E-state index is -3.46. The highest BCUT2D eigenvalue weighted by atomic mass is 32.2. The van der Waals surface area contributed by atoms with Crippen LogP contribution in [0.15, 0.2) is 23.1 Å². The molecule has 2 rings (SSSR count). The summed E-state index contributed by atoms with van der Waals surface area (Å²) < 4.78 is 26.7. The zero-order chi connectivity index (χ0) is 15.5. The summed E-state index contributed by atoms with van der Waals surface area (Å²) in [5, 5.41) is 2.87. The topological polar surface area (TPSA) is 92.5 Å². The fraction of sp³-hybridized carbons (Fsp3) is 0.500. The Labute approximate surface area is 125 Å². The number of carbonyl (C=O) groups excluding carboxylic acids is 1. The highest BCUT2D eigenvalue weighted by Gasteiger charge is 2.26. The van der Waals surface area contributed by atoms with E-state index < -0.39 is 15.9 Å². The van der Waals surface area contributed by atoms with Gasteiger partial charge in [-0.1, -0.05) is 12.5 Å². The highest BCUT2D eigenvalue weighted by molar-refractivity contribution is 7.89. The van der Waals surface area contributed by atoms with Gasteiger partial charge in [-0.05, 0) is 37.5 Å². The highest BCUT2D eigenvalue weighted by Crippen LogP contribution is 2.24. The molecule has 1 fully saturated rings. The molecule has 1 aliphatic heterocycles. The Balaban J connectivity index is 2.26. The van der Waals surface area contributed by atoms with E-state index in [1.165, 1.54) is 4.31 Å². The number of hydrogen-bond acceptors (Lipinski definition) is 4. The molecule has 1 aromatic rings. The third-order valence-electron chi connectivity index (χ3n) is 3.61. The van der Waals surface area contributed by atoms with Gasteiger partial charge in [-0.3, -0.25) is 4.79 Å². The van der Waals surface area contributed by atoms with Crippen molar-refractivity contribution in [2.24, 2.45) is 5.73 Å². The molecule has 21 heavy (non-hydrogen) atoms. The van der Waals surface area contributed by atoms with E-state index in [9.17, 15) is 13.2 Å². The van der Waals surface area contributed by atoms with Gasteiger partial charge in [-0.2, -0.15) is 4.31 Å². The van der Waals surface area contributed by atoms with Gasteiger partial charge in [-0.25, -0.2) is 8.42 Å². The first-order valence-electron chi connectivity index (χ1n) is 7.04. The number of nitrogens with one attached hydrogen (secondary N) is 1. The van der Waals surface area contributed by atoms with Gasteiger partial charge in [0.1, 0.15) is 0 Å². The molecule has 1 heterocycles. The third-order valence-corrected chi connectivity index (χ3v) is 5.51. The van der Waals surface area contributed by atoms with Crippen molar-refractivity contribution in [3.63, 3.8) is 0 Å². The van der Waals surface area contributed by atoms with Gasteiger partial charge in [-0.15, -0.1) is 0 Å². The summed E-state index contributed by atoms with van der Waals surface area (Å²) in [5.74, 6) is -0.487. The van der Waals surface area contributed by atoms with Crippen LogP contribution < -0.4 is 11.1 Å². The molecule has 0 spiro atoms. The summed E-state index contributed by atoms with van der Waals surface area (Å²) in [6.45, 7) is 2.97.